The molecule has 0 radical (unpaired) electrons. The quantitative estimate of drug-likeness (QED) is 0.876. The van der Waals surface area contributed by atoms with Gasteiger partial charge < -0.3 is 10.2 Å². The number of halogens is 1. The molecule has 22 heavy (non-hydrogen) atoms. The summed E-state index contributed by atoms with van der Waals surface area (Å²) in [6.07, 6.45) is 3.75. The van der Waals surface area contributed by atoms with Gasteiger partial charge in [0.1, 0.15) is 5.82 Å². The zero-order valence-electron chi connectivity index (χ0n) is 13.6. The minimum Gasteiger partial charge on any atom is -0.345 e. The third kappa shape index (κ3) is 5.09. The number of carbonyl (C=O) groups is 1. The Bertz CT molecular complexity index is 468. The molecule has 1 N–H and O–H groups in total. The fourth-order valence-corrected chi connectivity index (χ4v) is 3.08. The van der Waals surface area contributed by atoms with Gasteiger partial charge in [-0.1, -0.05) is 19.1 Å². The Morgan fingerprint density at radius 2 is 1.95 bits per heavy atom. The van der Waals surface area contributed by atoms with Crippen molar-refractivity contribution in [2.24, 2.45) is 11.8 Å². The Morgan fingerprint density at radius 1 is 1.32 bits per heavy atom. The van der Waals surface area contributed by atoms with E-state index in [9.17, 15) is 9.18 Å². The summed E-state index contributed by atoms with van der Waals surface area (Å²) >= 11 is 0. The molecule has 1 aliphatic heterocycles. The SMILES string of the molecule is CC(CC(=O)N(C)CCc1ccc(F)cc1)C1CCNCC1. The van der Waals surface area contributed by atoms with Crippen LogP contribution in [0.1, 0.15) is 31.7 Å². The molecule has 1 unspecified atom stereocenters. The number of carbonyl (C=O) groups excluding carboxylic acids is 1. The number of rotatable bonds is 6. The molecule has 0 aliphatic carbocycles. The highest BCUT2D eigenvalue weighted by Crippen LogP contribution is 2.24. The number of hydrogen-bond donors (Lipinski definition) is 1. The first-order valence-corrected chi connectivity index (χ1v) is 8.25. The van der Waals surface area contributed by atoms with E-state index in [1.165, 1.54) is 25.0 Å². The van der Waals surface area contributed by atoms with E-state index in [0.717, 1.165) is 25.1 Å². The topological polar surface area (TPSA) is 32.3 Å². The number of benzene rings is 1. The number of nitrogens with one attached hydrogen (secondary N) is 1. The molecular weight excluding hydrogens is 279 g/mol. The van der Waals surface area contributed by atoms with Crippen LogP contribution in [0.5, 0.6) is 0 Å². The lowest BCUT2D eigenvalue weighted by atomic mass is 9.84. The minimum absolute atomic E-state index is 0.216. The third-order valence-corrected chi connectivity index (χ3v) is 4.76. The van der Waals surface area contributed by atoms with Crippen molar-refractivity contribution >= 4 is 5.91 Å². The summed E-state index contributed by atoms with van der Waals surface area (Å²) in [6, 6.07) is 6.50. The Kier molecular flexibility index (Phi) is 6.37. The van der Waals surface area contributed by atoms with Gasteiger partial charge in [-0.2, -0.15) is 0 Å². The van der Waals surface area contributed by atoms with Gasteiger partial charge in [-0.15, -0.1) is 0 Å². The minimum atomic E-state index is -0.219. The van der Waals surface area contributed by atoms with E-state index in [4.69, 9.17) is 0 Å². The number of nitrogens with zero attached hydrogens (tertiary/aromatic N) is 1. The van der Waals surface area contributed by atoms with Gasteiger partial charge in [0.2, 0.25) is 5.91 Å². The summed E-state index contributed by atoms with van der Waals surface area (Å²) in [5, 5.41) is 3.37. The van der Waals surface area contributed by atoms with Crippen molar-refractivity contribution in [1.29, 1.82) is 0 Å². The lowest BCUT2D eigenvalue weighted by molar-refractivity contribution is -0.131. The van der Waals surface area contributed by atoms with Crippen LogP contribution < -0.4 is 5.32 Å². The van der Waals surface area contributed by atoms with Crippen molar-refractivity contribution in [1.82, 2.24) is 10.2 Å². The van der Waals surface area contributed by atoms with Crippen LogP contribution in [0.2, 0.25) is 0 Å². The molecule has 1 aliphatic rings. The molecule has 1 amide bonds. The fraction of sp³-hybridized carbons (Fsp3) is 0.611. The molecule has 1 aromatic carbocycles. The molecular formula is C18H27FN2O. The van der Waals surface area contributed by atoms with E-state index < -0.39 is 0 Å². The third-order valence-electron chi connectivity index (χ3n) is 4.76. The van der Waals surface area contributed by atoms with Crippen LogP contribution in [-0.4, -0.2) is 37.5 Å². The lowest BCUT2D eigenvalue weighted by Gasteiger charge is -2.29. The maximum absolute atomic E-state index is 12.9. The summed E-state index contributed by atoms with van der Waals surface area (Å²) in [7, 11) is 1.86. The van der Waals surface area contributed by atoms with Crippen LogP contribution in [0, 0.1) is 17.7 Å². The monoisotopic (exact) mass is 306 g/mol. The van der Waals surface area contributed by atoms with Crippen molar-refractivity contribution in [3.05, 3.63) is 35.6 Å². The molecule has 0 bridgehead atoms. The maximum Gasteiger partial charge on any atom is 0.222 e. The first-order valence-electron chi connectivity index (χ1n) is 8.25. The summed E-state index contributed by atoms with van der Waals surface area (Å²) in [4.78, 5) is 14.1. The Hall–Kier alpha value is -1.42. The highest BCUT2D eigenvalue weighted by molar-refractivity contribution is 5.76. The molecule has 0 saturated carbocycles. The summed E-state index contributed by atoms with van der Waals surface area (Å²) < 4.78 is 12.9. The van der Waals surface area contributed by atoms with Crippen LogP contribution in [-0.2, 0) is 11.2 Å². The van der Waals surface area contributed by atoms with Gasteiger partial charge in [-0.05, 0) is 61.9 Å². The van der Waals surface area contributed by atoms with Crippen LogP contribution in [0.15, 0.2) is 24.3 Å². The van der Waals surface area contributed by atoms with E-state index in [-0.39, 0.29) is 11.7 Å². The summed E-state index contributed by atoms with van der Waals surface area (Å²) in [5.74, 6) is 1.11. The standard InChI is InChI=1S/C18H27FN2O/c1-14(16-7-10-20-11-8-16)13-18(22)21(2)12-9-15-3-5-17(19)6-4-15/h3-6,14,16,20H,7-13H2,1-2H3. The van der Waals surface area contributed by atoms with Crippen molar-refractivity contribution in [3.63, 3.8) is 0 Å². The van der Waals surface area contributed by atoms with Gasteiger partial charge >= 0.3 is 0 Å². The highest BCUT2D eigenvalue weighted by Gasteiger charge is 2.23. The van der Waals surface area contributed by atoms with Gasteiger partial charge in [0.25, 0.3) is 0 Å². The normalized spacial score (nSPS) is 17.2. The second-order valence-corrected chi connectivity index (χ2v) is 6.46. The molecule has 2 rings (SSSR count). The van der Waals surface area contributed by atoms with Gasteiger partial charge in [-0.3, -0.25) is 4.79 Å². The summed E-state index contributed by atoms with van der Waals surface area (Å²) in [6.45, 7) is 5.03. The van der Waals surface area contributed by atoms with Crippen molar-refractivity contribution in [3.8, 4) is 0 Å². The number of likely N-dealkylation sites (N-methyl/N-ethyl adjacent to an activating group) is 1. The average Bonchev–Trinajstić information content (AvgIpc) is 2.54. The van der Waals surface area contributed by atoms with Gasteiger partial charge in [-0.25, -0.2) is 4.39 Å². The zero-order valence-corrected chi connectivity index (χ0v) is 13.6. The largest absolute Gasteiger partial charge is 0.345 e. The molecule has 1 aromatic rings. The number of piperidine rings is 1. The Morgan fingerprint density at radius 3 is 2.59 bits per heavy atom. The second kappa shape index (κ2) is 8.28. The lowest BCUT2D eigenvalue weighted by Crippen LogP contribution is -2.34. The maximum atomic E-state index is 12.9. The molecule has 0 aromatic heterocycles. The van der Waals surface area contributed by atoms with E-state index in [1.807, 2.05) is 7.05 Å². The van der Waals surface area contributed by atoms with Crippen LogP contribution in [0.4, 0.5) is 4.39 Å². The van der Waals surface area contributed by atoms with Crippen LogP contribution in [0.3, 0.4) is 0 Å². The first kappa shape index (κ1) is 16.9. The molecule has 122 valence electrons. The second-order valence-electron chi connectivity index (χ2n) is 6.46. The molecule has 1 fully saturated rings. The van der Waals surface area contributed by atoms with Crippen LogP contribution >= 0.6 is 0 Å². The van der Waals surface area contributed by atoms with Crippen molar-refractivity contribution in [2.75, 3.05) is 26.7 Å². The predicted octanol–water partition coefficient (Wildman–Crippen LogP) is 2.85. The fourth-order valence-electron chi connectivity index (χ4n) is 3.08. The Balaban J connectivity index is 1.75. The van der Waals surface area contributed by atoms with Crippen molar-refractivity contribution < 1.29 is 9.18 Å². The summed E-state index contributed by atoms with van der Waals surface area (Å²) in [5.41, 5.74) is 1.06. The molecule has 1 atom stereocenters. The van der Waals surface area contributed by atoms with Crippen molar-refractivity contribution in [2.45, 2.75) is 32.6 Å². The Labute approximate surface area is 132 Å². The van der Waals surface area contributed by atoms with Gasteiger partial charge in [0.05, 0.1) is 0 Å². The van der Waals surface area contributed by atoms with Gasteiger partial charge in [0, 0.05) is 20.0 Å². The van der Waals surface area contributed by atoms with E-state index in [1.54, 1.807) is 17.0 Å². The average molecular weight is 306 g/mol. The molecule has 0 spiro atoms. The number of hydrogen-bond acceptors (Lipinski definition) is 2. The molecule has 4 heteroatoms. The first-order chi connectivity index (χ1) is 10.6. The number of amides is 1. The molecule has 3 nitrogen and oxygen atoms in total. The molecule has 1 heterocycles. The zero-order chi connectivity index (χ0) is 15.9. The van der Waals surface area contributed by atoms with Gasteiger partial charge in [0.15, 0.2) is 0 Å². The van der Waals surface area contributed by atoms with E-state index in [0.29, 0.717) is 24.8 Å². The highest BCUT2D eigenvalue weighted by atomic mass is 19.1. The predicted molar refractivity (Wildman–Crippen MR) is 87.1 cm³/mol. The van der Waals surface area contributed by atoms with E-state index in [2.05, 4.69) is 12.2 Å². The molecule has 1 saturated heterocycles. The smallest absolute Gasteiger partial charge is 0.222 e. The van der Waals surface area contributed by atoms with Crippen LogP contribution in [0.25, 0.3) is 0 Å². The van der Waals surface area contributed by atoms with E-state index >= 15 is 0 Å².